The van der Waals surface area contributed by atoms with Gasteiger partial charge < -0.3 is 14.2 Å². The zero-order valence-corrected chi connectivity index (χ0v) is 16.6. The molecule has 2 unspecified atom stereocenters. The van der Waals surface area contributed by atoms with E-state index in [4.69, 9.17) is 14.2 Å². The fourth-order valence-corrected chi connectivity index (χ4v) is 4.16. The lowest BCUT2D eigenvalue weighted by molar-refractivity contribution is -0.141. The van der Waals surface area contributed by atoms with Crippen molar-refractivity contribution in [1.82, 2.24) is 9.97 Å². The summed E-state index contributed by atoms with van der Waals surface area (Å²) < 4.78 is 56.3. The normalized spacial score (nSPS) is 21.1. The summed E-state index contributed by atoms with van der Waals surface area (Å²) in [6.45, 7) is 2.27. The van der Waals surface area contributed by atoms with Gasteiger partial charge in [0.25, 0.3) is 0 Å². The molecule has 0 N–H and O–H groups in total. The average molecular weight is 438 g/mol. The van der Waals surface area contributed by atoms with Crippen molar-refractivity contribution in [1.29, 1.82) is 0 Å². The highest BCUT2D eigenvalue weighted by molar-refractivity contribution is 7.99. The monoisotopic (exact) mass is 438 g/mol. The first-order valence-electron chi connectivity index (χ1n) is 9.13. The molecule has 10 heteroatoms. The Labute approximate surface area is 174 Å². The second-order valence-electron chi connectivity index (χ2n) is 6.93. The largest absolute Gasteiger partial charge is 0.501 e. The molecular weight excluding hydrogens is 421 g/mol. The average Bonchev–Trinajstić information content (AvgIpc) is 3.16. The molecule has 2 aliphatic rings. The van der Waals surface area contributed by atoms with Crippen molar-refractivity contribution < 1.29 is 32.2 Å². The highest BCUT2D eigenvalue weighted by Crippen LogP contribution is 2.38. The summed E-state index contributed by atoms with van der Waals surface area (Å²) in [5, 5.41) is -0.373. The van der Waals surface area contributed by atoms with E-state index in [1.54, 1.807) is 18.2 Å². The molecule has 6 nitrogen and oxygen atoms in total. The number of ether oxygens (including phenoxy) is 3. The van der Waals surface area contributed by atoms with Gasteiger partial charge in [0.15, 0.2) is 22.4 Å². The van der Waals surface area contributed by atoms with Gasteiger partial charge in [0.05, 0.1) is 18.6 Å². The van der Waals surface area contributed by atoms with Crippen LogP contribution in [0.25, 0.3) is 11.3 Å². The van der Waals surface area contributed by atoms with Gasteiger partial charge in [0.1, 0.15) is 5.69 Å². The molecule has 0 aliphatic carbocycles. The van der Waals surface area contributed by atoms with Gasteiger partial charge in [-0.15, -0.1) is 0 Å². The summed E-state index contributed by atoms with van der Waals surface area (Å²) in [5.74, 6) is 0.712. The maximum atomic E-state index is 13.5. The SMILES string of the molecule is CC1COC=CC(=O)CC1Sc1nc(-c2ccc3c(c2)OCO3)cc(C(F)(F)F)n1. The molecule has 2 aromatic rings. The van der Waals surface area contributed by atoms with Gasteiger partial charge in [-0.25, -0.2) is 9.97 Å². The molecule has 1 aromatic carbocycles. The van der Waals surface area contributed by atoms with Crippen LogP contribution in [0.3, 0.4) is 0 Å². The summed E-state index contributed by atoms with van der Waals surface area (Å²) in [4.78, 5) is 20.0. The Hall–Kier alpha value is -2.75. The third-order valence-electron chi connectivity index (χ3n) is 4.67. The number of hydrogen-bond donors (Lipinski definition) is 0. The second-order valence-corrected chi connectivity index (χ2v) is 8.13. The maximum absolute atomic E-state index is 13.5. The third kappa shape index (κ3) is 4.53. The number of nitrogens with zero attached hydrogens (tertiary/aromatic N) is 2. The van der Waals surface area contributed by atoms with Crippen LogP contribution in [0.4, 0.5) is 13.2 Å². The van der Waals surface area contributed by atoms with Gasteiger partial charge in [-0.05, 0) is 24.3 Å². The molecule has 0 saturated carbocycles. The number of hydrogen-bond acceptors (Lipinski definition) is 7. The minimum absolute atomic E-state index is 0.0494. The lowest BCUT2D eigenvalue weighted by atomic mass is 10.0. The van der Waals surface area contributed by atoms with Gasteiger partial charge in [-0.3, -0.25) is 4.79 Å². The van der Waals surface area contributed by atoms with E-state index < -0.39 is 11.9 Å². The van der Waals surface area contributed by atoms with Crippen LogP contribution in [0, 0.1) is 5.92 Å². The van der Waals surface area contributed by atoms with Gasteiger partial charge in [-0.2, -0.15) is 13.2 Å². The first kappa shape index (κ1) is 20.5. The van der Waals surface area contributed by atoms with Crippen LogP contribution in [0.1, 0.15) is 19.0 Å². The minimum Gasteiger partial charge on any atom is -0.501 e. The number of alkyl halides is 3. The predicted molar refractivity (Wildman–Crippen MR) is 102 cm³/mol. The van der Waals surface area contributed by atoms with Gasteiger partial charge in [0, 0.05) is 29.2 Å². The highest BCUT2D eigenvalue weighted by Gasteiger charge is 2.35. The maximum Gasteiger partial charge on any atom is 0.433 e. The lowest BCUT2D eigenvalue weighted by Gasteiger charge is -2.23. The van der Waals surface area contributed by atoms with Crippen LogP contribution in [0.5, 0.6) is 11.5 Å². The number of carbonyl (C=O) groups is 1. The van der Waals surface area contributed by atoms with Crippen molar-refractivity contribution in [3.63, 3.8) is 0 Å². The summed E-state index contributed by atoms with van der Waals surface area (Å²) in [6, 6.07) is 5.73. The highest BCUT2D eigenvalue weighted by atomic mass is 32.2. The topological polar surface area (TPSA) is 70.5 Å². The van der Waals surface area contributed by atoms with Gasteiger partial charge in [0.2, 0.25) is 6.79 Å². The van der Waals surface area contributed by atoms with Gasteiger partial charge in [-0.1, -0.05) is 18.7 Å². The summed E-state index contributed by atoms with van der Waals surface area (Å²) >= 11 is 1.05. The lowest BCUT2D eigenvalue weighted by Crippen LogP contribution is -2.24. The zero-order chi connectivity index (χ0) is 21.3. The van der Waals surface area contributed by atoms with E-state index in [1.807, 2.05) is 6.92 Å². The first-order valence-corrected chi connectivity index (χ1v) is 10.0. The molecule has 4 rings (SSSR count). The smallest absolute Gasteiger partial charge is 0.433 e. The summed E-state index contributed by atoms with van der Waals surface area (Å²) in [7, 11) is 0. The van der Waals surface area contributed by atoms with Crippen molar-refractivity contribution in [3.05, 3.63) is 42.3 Å². The van der Waals surface area contributed by atoms with E-state index in [1.165, 1.54) is 12.3 Å². The summed E-state index contributed by atoms with van der Waals surface area (Å²) in [6.07, 6.45) is -1.81. The fourth-order valence-electron chi connectivity index (χ4n) is 3.03. The molecule has 2 atom stereocenters. The second kappa shape index (κ2) is 8.17. The van der Waals surface area contributed by atoms with Crippen molar-refractivity contribution in [2.75, 3.05) is 13.4 Å². The van der Waals surface area contributed by atoms with E-state index in [-0.39, 0.29) is 41.0 Å². The van der Waals surface area contributed by atoms with Crippen molar-refractivity contribution in [2.45, 2.75) is 29.9 Å². The number of ketones is 1. The Morgan fingerprint density at radius 1 is 1.13 bits per heavy atom. The van der Waals surface area contributed by atoms with E-state index in [0.29, 0.717) is 23.7 Å². The molecule has 1 aromatic heterocycles. The molecular formula is C20H17F3N2O4S. The molecule has 30 heavy (non-hydrogen) atoms. The quantitative estimate of drug-likeness (QED) is 0.654. The predicted octanol–water partition coefficient (Wildman–Crippen LogP) is 4.49. The minimum atomic E-state index is -4.64. The first-order chi connectivity index (χ1) is 14.3. The molecule has 0 radical (unpaired) electrons. The van der Waals surface area contributed by atoms with Crippen LogP contribution in [0.15, 0.2) is 41.8 Å². The Kier molecular flexibility index (Phi) is 5.59. The number of benzene rings is 1. The molecule has 0 fully saturated rings. The number of halogens is 3. The van der Waals surface area contributed by atoms with E-state index in [2.05, 4.69) is 9.97 Å². The number of allylic oxidation sites excluding steroid dienone is 1. The molecule has 0 bridgehead atoms. The van der Waals surface area contributed by atoms with Crippen molar-refractivity contribution in [2.24, 2.45) is 5.92 Å². The van der Waals surface area contributed by atoms with E-state index >= 15 is 0 Å². The fraction of sp³-hybridized carbons (Fsp3) is 0.350. The van der Waals surface area contributed by atoms with Crippen molar-refractivity contribution in [3.8, 4) is 22.8 Å². The standard InChI is InChI=1S/C20H17F3N2O4S/c1-11-9-27-5-4-13(26)7-17(11)30-19-24-14(8-18(25-19)20(21,22)23)12-2-3-15-16(6-12)29-10-28-15/h2-6,8,11,17H,7,9-10H2,1H3. The van der Waals surface area contributed by atoms with Crippen LogP contribution in [0.2, 0.25) is 0 Å². The number of rotatable bonds is 3. The van der Waals surface area contributed by atoms with Crippen LogP contribution >= 0.6 is 11.8 Å². The molecule has 0 saturated heterocycles. The number of aromatic nitrogens is 2. The van der Waals surface area contributed by atoms with Gasteiger partial charge >= 0.3 is 6.18 Å². The number of thioether (sulfide) groups is 1. The van der Waals surface area contributed by atoms with Crippen LogP contribution in [-0.4, -0.2) is 34.4 Å². The third-order valence-corrected chi connectivity index (χ3v) is 5.99. The van der Waals surface area contributed by atoms with E-state index in [0.717, 1.165) is 17.8 Å². The molecule has 2 aliphatic heterocycles. The van der Waals surface area contributed by atoms with E-state index in [9.17, 15) is 18.0 Å². The number of fused-ring (bicyclic) bond motifs is 1. The zero-order valence-electron chi connectivity index (χ0n) is 15.8. The Bertz CT molecular complexity index is 997. The summed E-state index contributed by atoms with van der Waals surface area (Å²) in [5.41, 5.74) is -0.491. The van der Waals surface area contributed by atoms with Crippen LogP contribution < -0.4 is 9.47 Å². The molecule has 3 heterocycles. The van der Waals surface area contributed by atoms with Crippen LogP contribution in [-0.2, 0) is 15.7 Å². The Morgan fingerprint density at radius 3 is 2.73 bits per heavy atom. The molecule has 158 valence electrons. The number of carbonyl (C=O) groups excluding carboxylic acids is 1. The molecule has 0 amide bonds. The Balaban J connectivity index is 1.70. The Morgan fingerprint density at radius 2 is 1.93 bits per heavy atom. The van der Waals surface area contributed by atoms with Crippen molar-refractivity contribution >= 4 is 17.5 Å². The molecule has 0 spiro atoms.